The topological polar surface area (TPSA) is 77.0 Å². The number of aryl methyl sites for hydroxylation is 1. The van der Waals surface area contributed by atoms with Crippen LogP contribution in [-0.2, 0) is 19.5 Å². The second kappa shape index (κ2) is 9.86. The van der Waals surface area contributed by atoms with E-state index >= 15 is 0 Å². The van der Waals surface area contributed by atoms with E-state index in [4.69, 9.17) is 14.2 Å². The number of hydrogen-bond acceptors (Lipinski definition) is 6. The van der Waals surface area contributed by atoms with Gasteiger partial charge in [0.05, 0.1) is 40.0 Å². The zero-order valence-corrected chi connectivity index (χ0v) is 16.7. The zero-order valence-electron chi connectivity index (χ0n) is 15.9. The fourth-order valence-electron chi connectivity index (χ4n) is 2.40. The molecule has 2 rings (SSSR count). The minimum absolute atomic E-state index is 0.494. The molecular formula is C18H26N4O3S. The van der Waals surface area contributed by atoms with Gasteiger partial charge in [0.25, 0.3) is 0 Å². The third-order valence-electron chi connectivity index (χ3n) is 3.83. The molecule has 0 aliphatic carbocycles. The number of hydrogen-bond donors (Lipinski definition) is 2. The van der Waals surface area contributed by atoms with Crippen LogP contribution in [0.2, 0.25) is 0 Å². The van der Waals surface area contributed by atoms with Crippen LogP contribution < -0.4 is 24.8 Å². The molecule has 0 fully saturated rings. The molecule has 0 spiro atoms. The van der Waals surface area contributed by atoms with Crippen molar-refractivity contribution >= 4 is 17.3 Å². The summed E-state index contributed by atoms with van der Waals surface area (Å²) in [5, 5.41) is 7.58. The third-order valence-corrected chi connectivity index (χ3v) is 4.97. The summed E-state index contributed by atoms with van der Waals surface area (Å²) in [5.41, 5.74) is 0.890. The summed E-state index contributed by atoms with van der Waals surface area (Å²) in [6.07, 6.45) is 2.92. The Bertz CT molecular complexity index is 721. The van der Waals surface area contributed by atoms with Crippen molar-refractivity contribution in [1.29, 1.82) is 0 Å². The van der Waals surface area contributed by atoms with Crippen molar-refractivity contribution in [1.82, 2.24) is 15.6 Å². The highest BCUT2D eigenvalue weighted by molar-refractivity contribution is 7.11. The molecule has 1 aromatic carbocycles. The summed E-state index contributed by atoms with van der Waals surface area (Å²) >= 11 is 1.71. The van der Waals surface area contributed by atoms with Gasteiger partial charge in [0.15, 0.2) is 5.96 Å². The van der Waals surface area contributed by atoms with Gasteiger partial charge in [-0.15, -0.1) is 11.3 Å². The highest BCUT2D eigenvalue weighted by atomic mass is 32.1. The summed E-state index contributed by atoms with van der Waals surface area (Å²) in [4.78, 5) is 9.94. The lowest BCUT2D eigenvalue weighted by atomic mass is 10.1. The number of aliphatic imine (C=N–C) groups is 1. The molecule has 1 heterocycles. The second-order valence-electron chi connectivity index (χ2n) is 5.36. The maximum absolute atomic E-state index is 5.47. The van der Waals surface area contributed by atoms with Crippen molar-refractivity contribution in [3.05, 3.63) is 33.8 Å². The lowest BCUT2D eigenvalue weighted by molar-refractivity contribution is 0.368. The smallest absolute Gasteiger partial charge is 0.191 e. The van der Waals surface area contributed by atoms with Crippen molar-refractivity contribution in [3.63, 3.8) is 0 Å². The summed E-state index contributed by atoms with van der Waals surface area (Å²) < 4.78 is 16.2. The van der Waals surface area contributed by atoms with E-state index in [2.05, 4.69) is 27.5 Å². The minimum atomic E-state index is 0.494. The number of ether oxygens (including phenoxy) is 3. The molecule has 0 aliphatic rings. The lowest BCUT2D eigenvalue weighted by Crippen LogP contribution is -2.36. The Balaban J connectivity index is 2.03. The van der Waals surface area contributed by atoms with Crippen LogP contribution in [0.3, 0.4) is 0 Å². The Morgan fingerprint density at radius 1 is 1.08 bits per heavy atom. The molecule has 142 valence electrons. The Kier molecular flexibility index (Phi) is 7.53. The monoisotopic (exact) mass is 378 g/mol. The van der Waals surface area contributed by atoms with E-state index in [0.717, 1.165) is 17.0 Å². The first-order valence-electron chi connectivity index (χ1n) is 8.32. The maximum atomic E-state index is 5.47. The highest BCUT2D eigenvalue weighted by Crippen LogP contribution is 2.33. The summed E-state index contributed by atoms with van der Waals surface area (Å²) in [5.74, 6) is 2.74. The Labute approximate surface area is 158 Å². The molecule has 26 heavy (non-hydrogen) atoms. The van der Waals surface area contributed by atoms with E-state index in [1.54, 1.807) is 39.7 Å². The molecule has 1 aromatic heterocycles. The van der Waals surface area contributed by atoms with E-state index < -0.39 is 0 Å². The number of nitrogens with one attached hydrogen (secondary N) is 2. The molecule has 8 heteroatoms. The van der Waals surface area contributed by atoms with Crippen LogP contribution in [0.5, 0.6) is 17.2 Å². The summed E-state index contributed by atoms with van der Waals surface area (Å²) in [7, 11) is 6.59. The molecule has 0 saturated heterocycles. The van der Waals surface area contributed by atoms with Gasteiger partial charge in [-0.25, -0.2) is 4.98 Å². The number of guanidine groups is 1. The van der Waals surface area contributed by atoms with Gasteiger partial charge in [-0.1, -0.05) is 6.92 Å². The Morgan fingerprint density at radius 2 is 1.73 bits per heavy atom. The van der Waals surface area contributed by atoms with E-state index in [1.165, 1.54) is 4.88 Å². The van der Waals surface area contributed by atoms with Gasteiger partial charge in [-0.3, -0.25) is 4.99 Å². The van der Waals surface area contributed by atoms with Crippen LogP contribution in [0.25, 0.3) is 0 Å². The van der Waals surface area contributed by atoms with Crippen molar-refractivity contribution in [3.8, 4) is 17.2 Å². The van der Waals surface area contributed by atoms with Crippen LogP contribution >= 0.6 is 11.3 Å². The number of aromatic nitrogens is 1. The van der Waals surface area contributed by atoms with Crippen molar-refractivity contribution < 1.29 is 14.2 Å². The van der Waals surface area contributed by atoms with Gasteiger partial charge in [-0.05, 0) is 6.42 Å². The number of nitrogens with zero attached hydrogens (tertiary/aromatic N) is 2. The third kappa shape index (κ3) is 5.01. The first-order valence-corrected chi connectivity index (χ1v) is 9.13. The van der Waals surface area contributed by atoms with E-state index in [9.17, 15) is 0 Å². The van der Waals surface area contributed by atoms with Gasteiger partial charge in [-0.2, -0.15) is 0 Å². The van der Waals surface area contributed by atoms with Gasteiger partial charge in [0.2, 0.25) is 0 Å². The molecular weight excluding hydrogens is 352 g/mol. The molecule has 0 saturated carbocycles. The molecule has 0 radical (unpaired) electrons. The highest BCUT2D eigenvalue weighted by Gasteiger charge is 2.14. The fourth-order valence-corrected chi connectivity index (χ4v) is 3.20. The van der Waals surface area contributed by atoms with Gasteiger partial charge in [0.1, 0.15) is 22.3 Å². The predicted octanol–water partition coefficient (Wildman–Crippen LogP) is 2.60. The molecule has 7 nitrogen and oxygen atoms in total. The van der Waals surface area contributed by atoms with Crippen LogP contribution in [0.4, 0.5) is 0 Å². The van der Waals surface area contributed by atoms with E-state index in [0.29, 0.717) is 36.3 Å². The van der Waals surface area contributed by atoms with Crippen molar-refractivity contribution in [2.75, 3.05) is 28.4 Å². The number of methoxy groups -OCH3 is 3. The van der Waals surface area contributed by atoms with E-state index in [-0.39, 0.29) is 0 Å². The SMILES string of the molecule is CCc1cnc(CNC(=NC)NCc2c(OC)cc(OC)cc2OC)s1. The molecule has 0 atom stereocenters. The lowest BCUT2D eigenvalue weighted by Gasteiger charge is -2.17. The first kappa shape index (κ1) is 19.8. The van der Waals surface area contributed by atoms with Gasteiger partial charge < -0.3 is 24.8 Å². The van der Waals surface area contributed by atoms with Crippen molar-refractivity contribution in [2.45, 2.75) is 26.4 Å². The second-order valence-corrected chi connectivity index (χ2v) is 6.56. The predicted molar refractivity (Wildman–Crippen MR) is 105 cm³/mol. The Morgan fingerprint density at radius 3 is 2.23 bits per heavy atom. The van der Waals surface area contributed by atoms with Gasteiger partial charge in [0, 0.05) is 30.3 Å². The zero-order chi connectivity index (χ0) is 18.9. The standard InChI is InChI=1S/C18H26N4O3S/c1-6-13-9-20-17(26-13)11-22-18(19-2)21-10-14-15(24-4)7-12(23-3)8-16(14)25-5/h7-9H,6,10-11H2,1-5H3,(H2,19,21,22). The van der Waals surface area contributed by atoms with Crippen LogP contribution in [0, 0.1) is 0 Å². The summed E-state index contributed by atoms with van der Waals surface area (Å²) in [6.45, 7) is 3.25. The normalized spacial score (nSPS) is 11.2. The molecule has 2 N–H and O–H groups in total. The Hall–Kier alpha value is -2.48. The van der Waals surface area contributed by atoms with Crippen LogP contribution in [-0.4, -0.2) is 39.3 Å². The van der Waals surface area contributed by atoms with Gasteiger partial charge >= 0.3 is 0 Å². The molecule has 0 aliphatic heterocycles. The first-order chi connectivity index (χ1) is 12.6. The molecule has 0 amide bonds. The van der Waals surface area contributed by atoms with Crippen LogP contribution in [0.15, 0.2) is 23.3 Å². The largest absolute Gasteiger partial charge is 0.496 e. The molecule has 0 bridgehead atoms. The van der Waals surface area contributed by atoms with E-state index in [1.807, 2.05) is 18.3 Å². The average molecular weight is 378 g/mol. The quantitative estimate of drug-likeness (QED) is 0.543. The molecule has 0 unspecified atom stereocenters. The maximum Gasteiger partial charge on any atom is 0.191 e. The number of benzene rings is 1. The van der Waals surface area contributed by atoms with Crippen molar-refractivity contribution in [2.24, 2.45) is 4.99 Å². The minimum Gasteiger partial charge on any atom is -0.496 e. The van der Waals surface area contributed by atoms with Crippen LogP contribution in [0.1, 0.15) is 22.4 Å². The fraction of sp³-hybridized carbons (Fsp3) is 0.444. The molecule has 2 aromatic rings. The number of thiazole rings is 1. The average Bonchev–Trinajstić information content (AvgIpc) is 3.15. The number of rotatable bonds is 8. The summed E-state index contributed by atoms with van der Waals surface area (Å²) in [6, 6.07) is 3.66.